The van der Waals surface area contributed by atoms with Crippen molar-refractivity contribution in [1.29, 1.82) is 0 Å². The van der Waals surface area contributed by atoms with Crippen molar-refractivity contribution in [3.8, 4) is 17.2 Å². The Balaban J connectivity index is 1.12. The van der Waals surface area contributed by atoms with E-state index in [9.17, 15) is 9.59 Å². The molecule has 46 heavy (non-hydrogen) atoms. The van der Waals surface area contributed by atoms with Crippen LogP contribution in [0.2, 0.25) is 0 Å². The van der Waals surface area contributed by atoms with Crippen LogP contribution in [0.1, 0.15) is 57.9 Å². The van der Waals surface area contributed by atoms with Gasteiger partial charge in [0, 0.05) is 29.5 Å². The van der Waals surface area contributed by atoms with Gasteiger partial charge in [-0.3, -0.25) is 14.9 Å². The van der Waals surface area contributed by atoms with Gasteiger partial charge in [0.05, 0.1) is 11.9 Å². The van der Waals surface area contributed by atoms with E-state index in [-0.39, 0.29) is 23.4 Å². The minimum atomic E-state index is -0.396. The summed E-state index contributed by atoms with van der Waals surface area (Å²) in [6, 6.07) is 11.6. The number of hydrogen-bond donors (Lipinski definition) is 1. The van der Waals surface area contributed by atoms with Crippen LogP contribution in [0.5, 0.6) is 17.2 Å². The molecule has 1 saturated heterocycles. The van der Waals surface area contributed by atoms with Gasteiger partial charge in [0.1, 0.15) is 36.9 Å². The van der Waals surface area contributed by atoms with E-state index in [0.717, 1.165) is 62.2 Å². The number of carbonyl (C=O) groups excluding carboxylic acids is 2. The van der Waals surface area contributed by atoms with Crippen LogP contribution in [-0.2, 0) is 39.1 Å². The topological polar surface area (TPSA) is 102 Å². The minimum absolute atomic E-state index is 0.170. The molecule has 0 spiro atoms. The fourth-order valence-corrected chi connectivity index (χ4v) is 7.64. The second-order valence-electron chi connectivity index (χ2n) is 11.2. The molecule has 2 aromatic heterocycles. The highest BCUT2D eigenvalue weighted by atomic mass is 32.2. The van der Waals surface area contributed by atoms with E-state index in [1.165, 1.54) is 0 Å². The maximum atomic E-state index is 11.9. The molecule has 4 aromatic rings. The Kier molecular flexibility index (Phi) is 10.6. The fourth-order valence-electron chi connectivity index (χ4n) is 5.48. The highest BCUT2D eigenvalue weighted by Gasteiger charge is 2.36. The predicted octanol–water partition coefficient (Wildman–Crippen LogP) is 7.95. The second-order valence-corrected chi connectivity index (χ2v) is 14.0. The SMILES string of the molecule is Cc1c(C)c2c(c(C)c1OOCc1ccsc1)C(OOCc1ccsc1)CC(CCOc1ccc(CC3SC(=O)NC3=O)cc1)O2. The molecule has 12 heteroatoms. The van der Waals surface area contributed by atoms with Crippen molar-refractivity contribution < 1.29 is 38.6 Å². The molecule has 0 bridgehead atoms. The number of carbonyl (C=O) groups is 2. The van der Waals surface area contributed by atoms with Gasteiger partial charge in [-0.15, -0.1) is 0 Å². The molecule has 3 unspecified atom stereocenters. The predicted molar refractivity (Wildman–Crippen MR) is 178 cm³/mol. The van der Waals surface area contributed by atoms with E-state index in [4.69, 9.17) is 29.0 Å². The Hall–Kier alpha value is -3.39. The van der Waals surface area contributed by atoms with E-state index in [2.05, 4.69) is 5.32 Å². The van der Waals surface area contributed by atoms with E-state index in [1.54, 1.807) is 22.7 Å². The first-order chi connectivity index (χ1) is 22.4. The summed E-state index contributed by atoms with van der Waals surface area (Å²) in [7, 11) is 0. The first-order valence-corrected chi connectivity index (χ1v) is 17.8. The average molecular weight is 682 g/mol. The zero-order chi connectivity index (χ0) is 32.0. The molecule has 6 rings (SSSR count). The van der Waals surface area contributed by atoms with Gasteiger partial charge in [-0.05, 0) is 95.2 Å². The lowest BCUT2D eigenvalue weighted by Gasteiger charge is -2.34. The number of thioether (sulfide) groups is 1. The molecule has 1 fully saturated rings. The molecule has 1 N–H and O–H groups in total. The third kappa shape index (κ3) is 7.76. The molecule has 2 amide bonds. The molecule has 0 radical (unpaired) electrons. The maximum absolute atomic E-state index is 11.9. The summed E-state index contributed by atoms with van der Waals surface area (Å²) < 4.78 is 12.7. The normalized spacial score (nSPS) is 19.1. The van der Waals surface area contributed by atoms with Crippen LogP contribution in [0.3, 0.4) is 0 Å². The lowest BCUT2D eigenvalue weighted by Crippen LogP contribution is -2.30. The summed E-state index contributed by atoms with van der Waals surface area (Å²) in [5.74, 6) is 1.91. The molecule has 0 saturated carbocycles. The summed E-state index contributed by atoms with van der Waals surface area (Å²) in [5, 5.41) is 9.73. The highest BCUT2D eigenvalue weighted by Crippen LogP contribution is 2.47. The van der Waals surface area contributed by atoms with E-state index < -0.39 is 5.25 Å². The Morgan fingerprint density at radius 1 is 0.870 bits per heavy atom. The third-order valence-electron chi connectivity index (χ3n) is 8.07. The van der Waals surface area contributed by atoms with Crippen LogP contribution < -0.4 is 19.7 Å². The molecule has 0 aliphatic carbocycles. The van der Waals surface area contributed by atoms with Crippen molar-refractivity contribution in [1.82, 2.24) is 5.32 Å². The highest BCUT2D eigenvalue weighted by molar-refractivity contribution is 8.15. The van der Waals surface area contributed by atoms with Crippen molar-refractivity contribution in [2.24, 2.45) is 0 Å². The number of hydrogen-bond acceptors (Lipinski definition) is 11. The monoisotopic (exact) mass is 681 g/mol. The maximum Gasteiger partial charge on any atom is 0.286 e. The van der Waals surface area contributed by atoms with Gasteiger partial charge >= 0.3 is 0 Å². The van der Waals surface area contributed by atoms with Crippen LogP contribution in [0, 0.1) is 20.8 Å². The van der Waals surface area contributed by atoms with E-state index in [1.807, 2.05) is 78.7 Å². The van der Waals surface area contributed by atoms with Gasteiger partial charge in [0.25, 0.3) is 5.24 Å². The molecule has 2 aliphatic heterocycles. The average Bonchev–Trinajstić information content (AvgIpc) is 3.82. The molecule has 242 valence electrons. The molecule has 9 nitrogen and oxygen atoms in total. The number of fused-ring (bicyclic) bond motifs is 1. The zero-order valence-corrected chi connectivity index (χ0v) is 28.2. The molecular weight excluding hydrogens is 647 g/mol. The lowest BCUT2D eigenvalue weighted by atomic mass is 9.89. The number of benzene rings is 2. The van der Waals surface area contributed by atoms with Gasteiger partial charge in [-0.25, -0.2) is 9.78 Å². The van der Waals surface area contributed by atoms with E-state index in [0.29, 0.717) is 44.8 Å². The van der Waals surface area contributed by atoms with Crippen molar-refractivity contribution >= 4 is 45.6 Å². The first-order valence-electron chi connectivity index (χ1n) is 15.0. The van der Waals surface area contributed by atoms with Gasteiger partial charge in [0.2, 0.25) is 5.91 Å². The summed E-state index contributed by atoms with van der Waals surface area (Å²) in [5.41, 5.74) is 6.75. The van der Waals surface area contributed by atoms with E-state index >= 15 is 0 Å². The molecular formula is C34H35NO8S3. The summed E-state index contributed by atoms with van der Waals surface area (Å²) in [6.07, 6.45) is 1.13. The summed E-state index contributed by atoms with van der Waals surface area (Å²) in [4.78, 5) is 46.8. The van der Waals surface area contributed by atoms with Gasteiger partial charge < -0.3 is 14.4 Å². The number of thiophene rings is 2. The largest absolute Gasteiger partial charge is 0.493 e. The summed E-state index contributed by atoms with van der Waals surface area (Å²) in [6.45, 7) is 7.15. The van der Waals surface area contributed by atoms with Crippen molar-refractivity contribution in [3.05, 3.63) is 96.9 Å². The number of rotatable bonds is 14. The molecule has 2 aromatic carbocycles. The van der Waals surface area contributed by atoms with Crippen LogP contribution in [0.25, 0.3) is 0 Å². The van der Waals surface area contributed by atoms with Crippen molar-refractivity contribution in [2.45, 2.75) is 70.7 Å². The Bertz CT molecular complexity index is 1640. The number of nitrogens with one attached hydrogen (secondary N) is 1. The lowest BCUT2D eigenvalue weighted by molar-refractivity contribution is -0.341. The quantitative estimate of drug-likeness (QED) is 0.105. The molecule has 3 atom stereocenters. The fraction of sp³-hybridized carbons (Fsp3) is 0.353. The minimum Gasteiger partial charge on any atom is -0.493 e. The van der Waals surface area contributed by atoms with Crippen LogP contribution in [0.4, 0.5) is 4.79 Å². The van der Waals surface area contributed by atoms with Crippen LogP contribution in [0.15, 0.2) is 57.9 Å². The molecule has 2 aliphatic rings. The van der Waals surface area contributed by atoms with Gasteiger partial charge in [0.15, 0.2) is 5.75 Å². The van der Waals surface area contributed by atoms with Crippen LogP contribution in [-0.4, -0.2) is 29.1 Å². The zero-order valence-electron chi connectivity index (χ0n) is 25.7. The van der Waals surface area contributed by atoms with Crippen molar-refractivity contribution in [3.63, 3.8) is 0 Å². The number of ether oxygens (including phenoxy) is 2. The summed E-state index contributed by atoms with van der Waals surface area (Å²) >= 11 is 4.26. The van der Waals surface area contributed by atoms with Crippen molar-refractivity contribution in [2.75, 3.05) is 6.61 Å². The molecule has 4 heterocycles. The standard InChI is InChI=1S/C34H35NO8S3/c1-20-21(2)32-30(22(3)31(20)43-40-17-25-10-13-45-19-25)28(42-39-16-24-9-12-44-18-24)15-27(41-32)8-11-38-26-6-4-23(5-7-26)14-29-33(36)35-34(37)46-29/h4-7,9-10,12-13,18-19,27-29H,8,11,14-17H2,1-3H3,(H,35,36,37). The Morgan fingerprint density at radius 3 is 2.24 bits per heavy atom. The Labute approximate surface area is 280 Å². The van der Waals surface area contributed by atoms with Gasteiger partial charge in [-0.1, -0.05) is 23.9 Å². The Morgan fingerprint density at radius 2 is 1.59 bits per heavy atom. The second kappa shape index (κ2) is 15.0. The van der Waals surface area contributed by atoms with Crippen LogP contribution >= 0.6 is 34.4 Å². The van der Waals surface area contributed by atoms with Gasteiger partial charge in [-0.2, -0.15) is 27.6 Å². The third-order valence-corrected chi connectivity index (χ3v) is 10.5. The number of imide groups is 1. The first kappa shape index (κ1) is 32.5. The number of amides is 2. The smallest absolute Gasteiger partial charge is 0.286 e.